The maximum absolute atomic E-state index is 12.9. The van der Waals surface area contributed by atoms with Gasteiger partial charge in [0.25, 0.3) is 0 Å². The molecule has 1 unspecified atom stereocenters. The first-order valence-corrected chi connectivity index (χ1v) is 10.5. The second-order valence-corrected chi connectivity index (χ2v) is 9.05. The van der Waals surface area contributed by atoms with Gasteiger partial charge in [0.2, 0.25) is 5.91 Å². The normalized spacial score (nSPS) is 16.9. The van der Waals surface area contributed by atoms with Gasteiger partial charge in [-0.3, -0.25) is 4.79 Å². The predicted octanol–water partition coefficient (Wildman–Crippen LogP) is 5.30. The van der Waals surface area contributed by atoms with E-state index in [2.05, 4.69) is 56.9 Å². The minimum atomic E-state index is 0.297. The highest BCUT2D eigenvalue weighted by Gasteiger charge is 2.28. The standard InChI is InChI=1S/C22H30N2OS/c1-15(2)20(18-8-6-5-7-9-18)14-21(25)24-12-10-19(11-13-24)22-23-16(3)17(4)26-22/h5-9,15,19-20H,10-14H2,1-4H3. The predicted molar refractivity (Wildman–Crippen MR) is 109 cm³/mol. The number of rotatable bonds is 5. The number of amides is 1. The third-order valence-electron chi connectivity index (χ3n) is 5.67. The van der Waals surface area contributed by atoms with Crippen LogP contribution in [-0.2, 0) is 4.79 Å². The fraction of sp³-hybridized carbons (Fsp3) is 0.545. The molecule has 1 aliphatic heterocycles. The Kier molecular flexibility index (Phi) is 6.13. The summed E-state index contributed by atoms with van der Waals surface area (Å²) in [6.07, 6.45) is 2.69. The van der Waals surface area contributed by atoms with Gasteiger partial charge in [-0.25, -0.2) is 4.98 Å². The zero-order valence-corrected chi connectivity index (χ0v) is 17.2. The summed E-state index contributed by atoms with van der Waals surface area (Å²) in [5.74, 6) is 1.58. The highest BCUT2D eigenvalue weighted by Crippen LogP contribution is 2.34. The highest BCUT2D eigenvalue weighted by atomic mass is 32.1. The Morgan fingerprint density at radius 3 is 2.38 bits per heavy atom. The minimum Gasteiger partial charge on any atom is -0.343 e. The third kappa shape index (κ3) is 4.35. The van der Waals surface area contributed by atoms with E-state index in [-0.39, 0.29) is 0 Å². The largest absolute Gasteiger partial charge is 0.343 e. The number of carbonyl (C=O) groups is 1. The number of thiazole rings is 1. The summed E-state index contributed by atoms with van der Waals surface area (Å²) in [7, 11) is 0. The third-order valence-corrected chi connectivity index (χ3v) is 6.90. The summed E-state index contributed by atoms with van der Waals surface area (Å²) >= 11 is 1.83. The maximum atomic E-state index is 12.9. The first kappa shape index (κ1) is 19.1. The van der Waals surface area contributed by atoms with Gasteiger partial charge in [0, 0.05) is 30.3 Å². The van der Waals surface area contributed by atoms with Crippen molar-refractivity contribution in [3.8, 4) is 0 Å². The van der Waals surface area contributed by atoms with E-state index >= 15 is 0 Å². The van der Waals surface area contributed by atoms with Gasteiger partial charge < -0.3 is 4.90 Å². The monoisotopic (exact) mass is 370 g/mol. The van der Waals surface area contributed by atoms with E-state index in [1.54, 1.807) is 0 Å². The maximum Gasteiger partial charge on any atom is 0.223 e. The van der Waals surface area contributed by atoms with Crippen LogP contribution in [0, 0.1) is 19.8 Å². The van der Waals surface area contributed by atoms with Crippen LogP contribution in [0.15, 0.2) is 30.3 Å². The van der Waals surface area contributed by atoms with Crippen molar-refractivity contribution in [2.24, 2.45) is 5.92 Å². The Morgan fingerprint density at radius 1 is 1.19 bits per heavy atom. The summed E-state index contributed by atoms with van der Waals surface area (Å²) < 4.78 is 0. The van der Waals surface area contributed by atoms with Crippen molar-refractivity contribution in [3.05, 3.63) is 51.5 Å². The molecule has 0 bridgehead atoms. The molecular formula is C22H30N2OS. The van der Waals surface area contributed by atoms with E-state index in [9.17, 15) is 4.79 Å². The number of hydrogen-bond donors (Lipinski definition) is 0. The van der Waals surface area contributed by atoms with E-state index in [4.69, 9.17) is 4.98 Å². The van der Waals surface area contributed by atoms with Gasteiger partial charge in [-0.1, -0.05) is 44.2 Å². The van der Waals surface area contributed by atoms with Crippen molar-refractivity contribution in [3.63, 3.8) is 0 Å². The fourth-order valence-corrected chi connectivity index (χ4v) is 4.90. The van der Waals surface area contributed by atoms with Crippen molar-refractivity contribution >= 4 is 17.2 Å². The molecule has 1 aliphatic rings. The lowest BCUT2D eigenvalue weighted by Crippen LogP contribution is -2.38. The van der Waals surface area contributed by atoms with E-state index in [1.165, 1.54) is 15.4 Å². The molecule has 1 aromatic carbocycles. The number of likely N-dealkylation sites (tertiary alicyclic amines) is 1. The van der Waals surface area contributed by atoms with Crippen LogP contribution >= 0.6 is 11.3 Å². The fourth-order valence-electron chi connectivity index (χ4n) is 3.80. The molecule has 2 aromatic rings. The Bertz CT molecular complexity index is 710. The van der Waals surface area contributed by atoms with E-state index in [0.29, 0.717) is 30.1 Å². The highest BCUT2D eigenvalue weighted by molar-refractivity contribution is 7.11. The van der Waals surface area contributed by atoms with Crippen molar-refractivity contribution in [2.75, 3.05) is 13.1 Å². The van der Waals surface area contributed by atoms with Crippen LogP contribution in [0.5, 0.6) is 0 Å². The van der Waals surface area contributed by atoms with Crippen molar-refractivity contribution < 1.29 is 4.79 Å². The molecule has 0 saturated carbocycles. The molecule has 3 nitrogen and oxygen atoms in total. The summed E-state index contributed by atoms with van der Waals surface area (Å²) in [5, 5.41) is 1.26. The minimum absolute atomic E-state index is 0.297. The molecule has 3 rings (SSSR count). The summed E-state index contributed by atoms with van der Waals surface area (Å²) in [4.78, 5) is 21.0. The van der Waals surface area contributed by atoms with Gasteiger partial charge in [-0.05, 0) is 44.1 Å². The molecular weight excluding hydrogens is 340 g/mol. The molecule has 0 N–H and O–H groups in total. The van der Waals surface area contributed by atoms with Gasteiger partial charge >= 0.3 is 0 Å². The van der Waals surface area contributed by atoms with E-state index < -0.39 is 0 Å². The Morgan fingerprint density at radius 2 is 1.85 bits per heavy atom. The molecule has 1 aromatic heterocycles. The average Bonchev–Trinajstić information content (AvgIpc) is 2.99. The Balaban J connectivity index is 1.59. The van der Waals surface area contributed by atoms with Crippen LogP contribution in [0.4, 0.5) is 0 Å². The molecule has 26 heavy (non-hydrogen) atoms. The van der Waals surface area contributed by atoms with Crippen LogP contribution in [0.25, 0.3) is 0 Å². The molecule has 1 amide bonds. The number of hydrogen-bond acceptors (Lipinski definition) is 3. The number of piperidine rings is 1. The molecule has 0 spiro atoms. The van der Waals surface area contributed by atoms with Gasteiger partial charge in [0.05, 0.1) is 10.7 Å². The van der Waals surface area contributed by atoms with Gasteiger partial charge in [-0.15, -0.1) is 11.3 Å². The number of carbonyl (C=O) groups excluding carboxylic acids is 1. The lowest BCUT2D eigenvalue weighted by Gasteiger charge is -2.33. The number of aryl methyl sites for hydroxylation is 2. The molecule has 1 saturated heterocycles. The molecule has 1 fully saturated rings. The van der Waals surface area contributed by atoms with Gasteiger partial charge in [-0.2, -0.15) is 0 Å². The number of benzene rings is 1. The topological polar surface area (TPSA) is 33.2 Å². The lowest BCUT2D eigenvalue weighted by atomic mass is 9.85. The second-order valence-electron chi connectivity index (χ2n) is 7.81. The van der Waals surface area contributed by atoms with Crippen molar-refractivity contribution in [1.82, 2.24) is 9.88 Å². The Labute approximate surface area is 161 Å². The van der Waals surface area contributed by atoms with Crippen LogP contribution in [0.2, 0.25) is 0 Å². The molecule has 1 atom stereocenters. The van der Waals surface area contributed by atoms with Crippen LogP contribution in [-0.4, -0.2) is 28.9 Å². The summed E-state index contributed by atoms with van der Waals surface area (Å²) in [6.45, 7) is 10.4. The van der Waals surface area contributed by atoms with Gasteiger partial charge in [0.1, 0.15) is 0 Å². The van der Waals surface area contributed by atoms with Crippen LogP contribution in [0.1, 0.15) is 66.1 Å². The van der Waals surface area contributed by atoms with Crippen molar-refractivity contribution in [2.45, 2.75) is 58.8 Å². The first-order chi connectivity index (χ1) is 12.5. The van der Waals surface area contributed by atoms with E-state index in [1.807, 2.05) is 17.4 Å². The zero-order valence-electron chi connectivity index (χ0n) is 16.4. The smallest absolute Gasteiger partial charge is 0.223 e. The number of aromatic nitrogens is 1. The zero-order chi connectivity index (χ0) is 18.7. The molecule has 140 valence electrons. The molecule has 0 radical (unpaired) electrons. The lowest BCUT2D eigenvalue weighted by molar-refractivity contribution is -0.132. The molecule has 2 heterocycles. The molecule has 4 heteroatoms. The van der Waals surface area contributed by atoms with Crippen LogP contribution in [0.3, 0.4) is 0 Å². The first-order valence-electron chi connectivity index (χ1n) is 9.72. The quantitative estimate of drug-likeness (QED) is 0.716. The average molecular weight is 371 g/mol. The SMILES string of the molecule is Cc1nc(C2CCN(C(=O)CC(c3ccccc3)C(C)C)CC2)sc1C. The van der Waals surface area contributed by atoms with Crippen LogP contribution < -0.4 is 0 Å². The second kappa shape index (κ2) is 8.34. The van der Waals surface area contributed by atoms with Crippen molar-refractivity contribution in [1.29, 1.82) is 0 Å². The molecule has 0 aliphatic carbocycles. The number of nitrogens with zero attached hydrogens (tertiary/aromatic N) is 2. The summed E-state index contributed by atoms with van der Waals surface area (Å²) in [5.41, 5.74) is 2.44. The van der Waals surface area contributed by atoms with Gasteiger partial charge in [0.15, 0.2) is 0 Å². The van der Waals surface area contributed by atoms with E-state index in [0.717, 1.165) is 31.6 Å². The Hall–Kier alpha value is -1.68. The summed E-state index contributed by atoms with van der Waals surface area (Å²) in [6, 6.07) is 10.5.